The molecule has 1 aromatic rings. The van der Waals surface area contributed by atoms with Crippen LogP contribution < -0.4 is 16.4 Å². The van der Waals surface area contributed by atoms with Crippen molar-refractivity contribution >= 4 is 34.8 Å². The van der Waals surface area contributed by atoms with E-state index in [0.717, 1.165) is 0 Å². The summed E-state index contributed by atoms with van der Waals surface area (Å²) in [7, 11) is 4.68. The Hall–Kier alpha value is -3.74. The maximum Gasteiger partial charge on any atom is 0.255 e. The second-order valence-corrected chi connectivity index (χ2v) is 10.8. The number of fused-ring (bicyclic) bond motifs is 3. The number of primary amides is 1. The van der Waals surface area contributed by atoms with Crippen molar-refractivity contribution in [2.24, 2.45) is 17.6 Å². The smallest absolute Gasteiger partial charge is 0.255 e. The maximum atomic E-state index is 13.8. The summed E-state index contributed by atoms with van der Waals surface area (Å²) in [5.74, 6) is -7.71. The Morgan fingerprint density at radius 1 is 1.16 bits per heavy atom. The normalized spacial score (nSPS) is 27.2. The molecule has 0 spiro atoms. The quantitative estimate of drug-likeness (QED) is 0.200. The molecular weight excluding hydrogens is 496 g/mol. The molecule has 0 radical (unpaired) electrons. The number of rotatable bonds is 5. The fraction of sp³-hybridized carbons (Fsp3) is 0.462. The summed E-state index contributed by atoms with van der Waals surface area (Å²) in [6.45, 7) is 3.27. The summed E-state index contributed by atoms with van der Waals surface area (Å²) in [6.07, 6.45) is 0.166. The van der Waals surface area contributed by atoms with Crippen LogP contribution in [-0.2, 0) is 25.6 Å². The number of carbonyl (C=O) groups is 4. The van der Waals surface area contributed by atoms with E-state index in [-0.39, 0.29) is 29.7 Å². The first-order valence-electron chi connectivity index (χ1n) is 12.1. The zero-order valence-corrected chi connectivity index (χ0v) is 21.7. The van der Waals surface area contributed by atoms with Gasteiger partial charge in [0.25, 0.3) is 5.91 Å². The van der Waals surface area contributed by atoms with Gasteiger partial charge in [-0.15, -0.1) is 0 Å². The van der Waals surface area contributed by atoms with Crippen LogP contribution in [0.2, 0.25) is 0 Å². The molecule has 3 aliphatic carbocycles. The van der Waals surface area contributed by atoms with Crippen LogP contribution in [0, 0.1) is 11.8 Å². The van der Waals surface area contributed by atoms with E-state index in [0.29, 0.717) is 5.56 Å². The average molecular weight is 529 g/mol. The van der Waals surface area contributed by atoms with Crippen LogP contribution in [-0.4, -0.2) is 87.0 Å². The molecule has 0 saturated heterocycles. The number of ketones is 2. The number of aliphatic hydroxyl groups is 3. The van der Waals surface area contributed by atoms with Gasteiger partial charge in [-0.25, -0.2) is 0 Å². The Bertz CT molecular complexity index is 1340. The van der Waals surface area contributed by atoms with Crippen molar-refractivity contribution < 1.29 is 39.6 Å². The van der Waals surface area contributed by atoms with Gasteiger partial charge in [-0.05, 0) is 65.4 Å². The van der Waals surface area contributed by atoms with Crippen molar-refractivity contribution in [3.63, 3.8) is 0 Å². The van der Waals surface area contributed by atoms with Gasteiger partial charge < -0.3 is 36.8 Å². The first-order valence-corrected chi connectivity index (χ1v) is 12.1. The number of phenolic OH excluding ortho intramolecular Hbond substituents is 1. The molecule has 38 heavy (non-hydrogen) atoms. The van der Waals surface area contributed by atoms with E-state index in [2.05, 4.69) is 10.6 Å². The minimum atomic E-state index is -2.71. The third-order valence-corrected chi connectivity index (χ3v) is 8.03. The summed E-state index contributed by atoms with van der Waals surface area (Å²) in [5.41, 5.74) is 0.901. The number of anilines is 1. The first kappa shape index (κ1) is 27.3. The molecule has 2 amide bonds. The number of benzene rings is 1. The number of likely N-dealkylation sites (N-methyl/N-ethyl adjacent to an activating group) is 2. The van der Waals surface area contributed by atoms with Crippen molar-refractivity contribution in [1.82, 2.24) is 10.2 Å². The van der Waals surface area contributed by atoms with E-state index >= 15 is 0 Å². The Balaban J connectivity index is 1.87. The van der Waals surface area contributed by atoms with Gasteiger partial charge in [0.1, 0.15) is 22.8 Å². The number of aliphatic hydroxyl groups excluding tert-OH is 2. The van der Waals surface area contributed by atoms with Crippen LogP contribution in [0.4, 0.5) is 5.69 Å². The van der Waals surface area contributed by atoms with E-state index in [9.17, 15) is 39.6 Å². The number of Topliss-reactive ketones (excluding diaryl/α,β-unsaturated/α-hetero) is 2. The third-order valence-electron chi connectivity index (χ3n) is 8.03. The summed E-state index contributed by atoms with van der Waals surface area (Å²) < 4.78 is 0. The molecule has 12 nitrogen and oxygen atoms in total. The highest BCUT2D eigenvalue weighted by molar-refractivity contribution is 6.24. The molecule has 0 aliphatic heterocycles. The second-order valence-electron chi connectivity index (χ2n) is 10.8. The minimum Gasteiger partial charge on any atom is -0.508 e. The maximum absolute atomic E-state index is 13.8. The fourth-order valence-corrected chi connectivity index (χ4v) is 5.71. The predicted octanol–water partition coefficient (Wildman–Crippen LogP) is -0.0995. The zero-order chi connectivity index (χ0) is 28.5. The molecule has 0 bridgehead atoms. The Kier molecular flexibility index (Phi) is 6.41. The number of amides is 2. The Morgan fingerprint density at radius 3 is 2.34 bits per heavy atom. The summed E-state index contributed by atoms with van der Waals surface area (Å²) in [4.78, 5) is 53.0. The van der Waals surface area contributed by atoms with Gasteiger partial charge in [0.05, 0.1) is 22.8 Å². The molecule has 1 saturated carbocycles. The number of hydrogen-bond donors (Lipinski definition) is 7. The predicted molar refractivity (Wildman–Crippen MR) is 136 cm³/mol. The van der Waals surface area contributed by atoms with Crippen molar-refractivity contribution in [2.45, 2.75) is 43.9 Å². The molecule has 0 heterocycles. The number of carbonyl (C=O) groups excluding carboxylic acids is 4. The van der Waals surface area contributed by atoms with E-state index in [1.54, 1.807) is 27.0 Å². The van der Waals surface area contributed by atoms with Gasteiger partial charge in [-0.3, -0.25) is 24.1 Å². The fourth-order valence-electron chi connectivity index (χ4n) is 5.71. The van der Waals surface area contributed by atoms with Crippen LogP contribution in [0.25, 0.3) is 5.76 Å². The van der Waals surface area contributed by atoms with E-state index in [4.69, 9.17) is 5.73 Å². The van der Waals surface area contributed by atoms with Crippen LogP contribution in [0.5, 0.6) is 5.75 Å². The molecular formula is C26H32N4O8. The highest BCUT2D eigenvalue weighted by Gasteiger charge is 2.64. The van der Waals surface area contributed by atoms with Crippen LogP contribution in [0.1, 0.15) is 31.4 Å². The van der Waals surface area contributed by atoms with Gasteiger partial charge in [-0.1, -0.05) is 6.07 Å². The lowest BCUT2D eigenvalue weighted by molar-refractivity contribution is -0.153. The molecule has 4 atom stereocenters. The van der Waals surface area contributed by atoms with E-state index < -0.39 is 75.2 Å². The zero-order valence-electron chi connectivity index (χ0n) is 21.7. The number of nitrogens with zero attached hydrogens (tertiary/aromatic N) is 1. The number of hydrogen-bond acceptors (Lipinski definition) is 10. The van der Waals surface area contributed by atoms with Gasteiger partial charge in [0, 0.05) is 11.5 Å². The van der Waals surface area contributed by atoms with Gasteiger partial charge in [0.2, 0.25) is 11.7 Å². The van der Waals surface area contributed by atoms with Crippen molar-refractivity contribution in [1.29, 1.82) is 0 Å². The molecule has 12 heteroatoms. The summed E-state index contributed by atoms with van der Waals surface area (Å²) in [5, 5.41) is 50.2. The molecule has 4 rings (SSSR count). The lowest BCUT2D eigenvalue weighted by Crippen LogP contribution is -2.65. The highest BCUT2D eigenvalue weighted by atomic mass is 16.3. The van der Waals surface area contributed by atoms with Crippen molar-refractivity contribution in [3.05, 3.63) is 40.2 Å². The molecule has 3 unspecified atom stereocenters. The number of phenols is 1. The molecule has 1 fully saturated rings. The van der Waals surface area contributed by atoms with Crippen LogP contribution >= 0.6 is 0 Å². The molecule has 1 aromatic carbocycles. The van der Waals surface area contributed by atoms with Crippen LogP contribution in [0.15, 0.2) is 29.0 Å². The Labute approximate surface area is 218 Å². The topological polar surface area (TPSA) is 203 Å². The van der Waals surface area contributed by atoms with Crippen molar-refractivity contribution in [2.75, 3.05) is 26.5 Å². The summed E-state index contributed by atoms with van der Waals surface area (Å²) >= 11 is 0. The van der Waals surface area contributed by atoms with Crippen molar-refractivity contribution in [3.8, 4) is 5.75 Å². The number of aromatic hydroxyl groups is 1. The largest absolute Gasteiger partial charge is 0.508 e. The Morgan fingerprint density at radius 2 is 1.79 bits per heavy atom. The third kappa shape index (κ3) is 3.70. The minimum absolute atomic E-state index is 0.00136. The monoisotopic (exact) mass is 528 g/mol. The van der Waals surface area contributed by atoms with Gasteiger partial charge >= 0.3 is 0 Å². The summed E-state index contributed by atoms with van der Waals surface area (Å²) in [6, 6.07) is 1.94. The lowest BCUT2D eigenvalue weighted by atomic mass is 9.57. The van der Waals surface area contributed by atoms with E-state index in [1.807, 2.05) is 0 Å². The molecule has 3 aliphatic rings. The second kappa shape index (κ2) is 8.93. The van der Waals surface area contributed by atoms with Crippen LogP contribution in [0.3, 0.4) is 0 Å². The molecule has 204 valence electrons. The average Bonchev–Trinajstić information content (AvgIpc) is 2.82. The van der Waals surface area contributed by atoms with Gasteiger partial charge in [-0.2, -0.15) is 0 Å². The standard InChI is InChI=1S/C26H32N4O8/c1-25(2,28-3)24(37)29-13-7-6-10-8-11-9-12-17(30(4)5)20(33)16(23(27)36)22(35)26(12,38)21(34)15(11)19(32)14(10)18(13)31/h6-7,11-12,17,28,31-32,35,38H,8-9H2,1-5H3,(H2,27,36)(H,29,37)/t11?,12?,17-,26?/m0/s1. The molecule has 0 aromatic heterocycles. The lowest BCUT2D eigenvalue weighted by Gasteiger charge is -2.50. The number of nitrogens with one attached hydrogen (secondary N) is 2. The SMILES string of the molecule is CNC(C)(C)C(=O)Nc1ccc2c(c1O)C(O)=C1C(=O)C3(O)C(O)=C(C(N)=O)C(=O)[C@@H](N(C)C)C3CC1C2. The van der Waals surface area contributed by atoms with Gasteiger partial charge in [0.15, 0.2) is 11.4 Å². The molecule has 8 N–H and O–H groups in total. The number of nitrogens with two attached hydrogens (primary N) is 1. The first-order chi connectivity index (χ1) is 17.6. The highest BCUT2D eigenvalue weighted by Crippen LogP contribution is 2.53. The van der Waals surface area contributed by atoms with E-state index in [1.165, 1.54) is 25.1 Å².